The highest BCUT2D eigenvalue weighted by molar-refractivity contribution is 7.71. The van der Waals surface area contributed by atoms with E-state index in [-0.39, 0.29) is 5.91 Å². The van der Waals surface area contributed by atoms with E-state index in [1.807, 2.05) is 39.4 Å². The van der Waals surface area contributed by atoms with Crippen LogP contribution in [0.4, 0.5) is 0 Å². The number of carbonyl (C=O) groups excluding carboxylic acids is 1. The van der Waals surface area contributed by atoms with Crippen LogP contribution in [0.15, 0.2) is 30.6 Å². The van der Waals surface area contributed by atoms with Crippen molar-refractivity contribution >= 4 is 18.1 Å². The predicted molar refractivity (Wildman–Crippen MR) is 95.1 cm³/mol. The molecule has 3 rings (SSSR count). The van der Waals surface area contributed by atoms with E-state index < -0.39 is 0 Å². The molecule has 1 aliphatic rings. The van der Waals surface area contributed by atoms with Crippen LogP contribution in [-0.4, -0.2) is 56.2 Å². The lowest BCUT2D eigenvalue weighted by Gasteiger charge is -2.34. The molecule has 0 spiro atoms. The fourth-order valence-electron chi connectivity index (χ4n) is 2.93. The first-order chi connectivity index (χ1) is 11.5. The van der Waals surface area contributed by atoms with Crippen LogP contribution in [-0.2, 0) is 24.9 Å². The Balaban J connectivity index is 1.53. The molecular formula is C17H23N5OS. The largest absolute Gasteiger partial charge is 0.340 e. The number of piperazine rings is 1. The van der Waals surface area contributed by atoms with Crippen LogP contribution in [0.3, 0.4) is 0 Å². The van der Waals surface area contributed by atoms with E-state index >= 15 is 0 Å². The van der Waals surface area contributed by atoms with Crippen LogP contribution in [0, 0.1) is 11.7 Å². The lowest BCUT2D eigenvalue weighted by Crippen LogP contribution is -2.49. The molecule has 1 saturated heterocycles. The Kier molecular flexibility index (Phi) is 5.11. The monoisotopic (exact) mass is 345 g/mol. The van der Waals surface area contributed by atoms with Crippen molar-refractivity contribution in [1.82, 2.24) is 24.1 Å². The standard InChI is InChI=1S/C17H23N5OS/c1-14-5-3-4-6-15(14)11-16(23)21-9-7-20(8-10-21)13-22-17(24)19(2)12-18-22/h3-6,12H,7-11,13H2,1-2H3. The van der Waals surface area contributed by atoms with Crippen molar-refractivity contribution in [2.45, 2.75) is 20.0 Å². The van der Waals surface area contributed by atoms with Gasteiger partial charge in [0.15, 0.2) is 4.77 Å². The van der Waals surface area contributed by atoms with E-state index in [1.54, 1.807) is 6.33 Å². The Hall–Kier alpha value is -1.99. The Morgan fingerprint density at radius 2 is 1.92 bits per heavy atom. The lowest BCUT2D eigenvalue weighted by atomic mass is 10.1. The van der Waals surface area contributed by atoms with Crippen molar-refractivity contribution in [3.05, 3.63) is 46.5 Å². The van der Waals surface area contributed by atoms with Gasteiger partial charge >= 0.3 is 0 Å². The summed E-state index contributed by atoms with van der Waals surface area (Å²) in [7, 11) is 1.90. The molecule has 1 aliphatic heterocycles. The van der Waals surface area contributed by atoms with Gasteiger partial charge in [0.25, 0.3) is 0 Å². The van der Waals surface area contributed by atoms with Crippen molar-refractivity contribution < 1.29 is 4.79 Å². The maximum atomic E-state index is 12.5. The van der Waals surface area contributed by atoms with Gasteiger partial charge in [-0.3, -0.25) is 9.69 Å². The average molecular weight is 345 g/mol. The van der Waals surface area contributed by atoms with Gasteiger partial charge in [-0.1, -0.05) is 24.3 Å². The fourth-order valence-corrected chi connectivity index (χ4v) is 3.08. The summed E-state index contributed by atoms with van der Waals surface area (Å²) in [5.74, 6) is 0.207. The summed E-state index contributed by atoms with van der Waals surface area (Å²) in [6.07, 6.45) is 2.21. The topological polar surface area (TPSA) is 46.3 Å². The number of nitrogens with zero attached hydrogens (tertiary/aromatic N) is 5. The van der Waals surface area contributed by atoms with E-state index in [4.69, 9.17) is 12.2 Å². The van der Waals surface area contributed by atoms with Crippen molar-refractivity contribution in [2.75, 3.05) is 26.2 Å². The molecule has 128 valence electrons. The molecule has 7 heteroatoms. The summed E-state index contributed by atoms with van der Waals surface area (Å²) < 4.78 is 4.37. The number of carbonyl (C=O) groups is 1. The number of rotatable bonds is 4. The highest BCUT2D eigenvalue weighted by atomic mass is 32.1. The van der Waals surface area contributed by atoms with Gasteiger partial charge in [-0.25, -0.2) is 4.68 Å². The molecule has 1 amide bonds. The molecule has 0 radical (unpaired) electrons. The number of hydrogen-bond donors (Lipinski definition) is 0. The van der Waals surface area contributed by atoms with Crippen LogP contribution in [0.25, 0.3) is 0 Å². The van der Waals surface area contributed by atoms with Gasteiger partial charge in [-0.05, 0) is 30.3 Å². The van der Waals surface area contributed by atoms with E-state index in [0.717, 1.165) is 31.7 Å². The van der Waals surface area contributed by atoms with Crippen LogP contribution in [0.2, 0.25) is 0 Å². The third-order valence-corrected chi connectivity index (χ3v) is 5.05. The molecule has 1 aromatic heterocycles. The summed E-state index contributed by atoms with van der Waals surface area (Å²) >= 11 is 5.32. The van der Waals surface area contributed by atoms with E-state index in [0.29, 0.717) is 17.9 Å². The lowest BCUT2D eigenvalue weighted by molar-refractivity contribution is -0.132. The minimum atomic E-state index is 0.207. The second kappa shape index (κ2) is 7.27. The Bertz CT molecular complexity index is 773. The number of hydrogen-bond acceptors (Lipinski definition) is 4. The molecule has 1 fully saturated rings. The fraction of sp³-hybridized carbons (Fsp3) is 0.471. The van der Waals surface area contributed by atoms with Gasteiger partial charge in [0.1, 0.15) is 6.33 Å². The molecular weight excluding hydrogens is 322 g/mol. The quantitative estimate of drug-likeness (QED) is 0.790. The van der Waals surface area contributed by atoms with E-state index in [2.05, 4.69) is 23.0 Å². The molecule has 24 heavy (non-hydrogen) atoms. The van der Waals surface area contributed by atoms with Crippen molar-refractivity contribution in [3.63, 3.8) is 0 Å². The molecule has 0 atom stereocenters. The first kappa shape index (κ1) is 16.9. The summed E-state index contributed by atoms with van der Waals surface area (Å²) in [5, 5.41) is 4.28. The zero-order valence-corrected chi connectivity index (χ0v) is 15.0. The highest BCUT2D eigenvalue weighted by Crippen LogP contribution is 2.11. The van der Waals surface area contributed by atoms with Gasteiger partial charge in [0.05, 0.1) is 13.1 Å². The third kappa shape index (κ3) is 3.73. The summed E-state index contributed by atoms with van der Waals surface area (Å²) in [6.45, 7) is 5.93. The summed E-state index contributed by atoms with van der Waals surface area (Å²) in [4.78, 5) is 16.7. The predicted octanol–water partition coefficient (Wildman–Crippen LogP) is 1.60. The SMILES string of the molecule is Cc1ccccc1CC(=O)N1CCN(Cn2ncn(C)c2=S)CC1. The normalized spacial score (nSPS) is 15.7. The van der Waals surface area contributed by atoms with Crippen LogP contribution < -0.4 is 0 Å². The zero-order valence-electron chi connectivity index (χ0n) is 14.2. The minimum absolute atomic E-state index is 0.207. The Morgan fingerprint density at radius 1 is 1.21 bits per heavy atom. The summed E-state index contributed by atoms with van der Waals surface area (Å²) in [6, 6.07) is 8.08. The smallest absolute Gasteiger partial charge is 0.227 e. The molecule has 0 aliphatic carbocycles. The first-order valence-electron chi connectivity index (χ1n) is 8.17. The first-order valence-corrected chi connectivity index (χ1v) is 8.58. The van der Waals surface area contributed by atoms with Crippen LogP contribution in [0.5, 0.6) is 0 Å². The molecule has 0 N–H and O–H groups in total. The van der Waals surface area contributed by atoms with Crippen molar-refractivity contribution in [2.24, 2.45) is 7.05 Å². The van der Waals surface area contributed by atoms with Gasteiger partial charge in [0.2, 0.25) is 5.91 Å². The van der Waals surface area contributed by atoms with Gasteiger partial charge in [-0.2, -0.15) is 5.10 Å². The molecule has 0 unspecified atom stereocenters. The molecule has 1 aromatic carbocycles. The maximum absolute atomic E-state index is 12.5. The number of amides is 1. The van der Waals surface area contributed by atoms with E-state index in [1.165, 1.54) is 5.56 Å². The second-order valence-corrected chi connectivity index (χ2v) is 6.63. The van der Waals surface area contributed by atoms with Gasteiger partial charge in [0, 0.05) is 33.2 Å². The van der Waals surface area contributed by atoms with E-state index in [9.17, 15) is 4.79 Å². The molecule has 2 aromatic rings. The number of aryl methyl sites for hydroxylation is 2. The molecule has 2 heterocycles. The molecule has 0 saturated carbocycles. The maximum Gasteiger partial charge on any atom is 0.227 e. The van der Waals surface area contributed by atoms with Gasteiger partial charge < -0.3 is 9.47 Å². The molecule has 0 bridgehead atoms. The van der Waals surface area contributed by atoms with Crippen molar-refractivity contribution in [3.8, 4) is 0 Å². The second-order valence-electron chi connectivity index (χ2n) is 6.27. The Morgan fingerprint density at radius 3 is 2.54 bits per heavy atom. The highest BCUT2D eigenvalue weighted by Gasteiger charge is 2.22. The van der Waals surface area contributed by atoms with Crippen LogP contribution >= 0.6 is 12.2 Å². The Labute approximate surface area is 147 Å². The van der Waals surface area contributed by atoms with Crippen molar-refractivity contribution in [1.29, 1.82) is 0 Å². The average Bonchev–Trinajstić information content (AvgIpc) is 2.90. The van der Waals surface area contributed by atoms with Gasteiger partial charge in [-0.15, -0.1) is 0 Å². The summed E-state index contributed by atoms with van der Waals surface area (Å²) in [5.41, 5.74) is 2.29. The third-order valence-electron chi connectivity index (χ3n) is 4.55. The zero-order chi connectivity index (χ0) is 17.1. The number of aromatic nitrogens is 3. The molecule has 6 nitrogen and oxygen atoms in total. The van der Waals surface area contributed by atoms with Crippen LogP contribution in [0.1, 0.15) is 11.1 Å². The number of benzene rings is 1. The minimum Gasteiger partial charge on any atom is -0.340 e.